The van der Waals surface area contributed by atoms with Crippen molar-refractivity contribution in [2.24, 2.45) is 5.73 Å². The molecule has 29 heavy (non-hydrogen) atoms. The molecular formula is C19H27F3N4O3. The van der Waals surface area contributed by atoms with Crippen LogP contribution in [-0.2, 0) is 9.53 Å². The molecule has 0 spiro atoms. The molecule has 1 aromatic rings. The zero-order chi connectivity index (χ0) is 21.3. The third-order valence-electron chi connectivity index (χ3n) is 4.60. The third-order valence-corrected chi connectivity index (χ3v) is 4.60. The largest absolute Gasteiger partial charge is 0.411 e. The van der Waals surface area contributed by atoms with Crippen molar-refractivity contribution in [1.29, 1.82) is 0 Å². The highest BCUT2D eigenvalue weighted by Crippen LogP contribution is 2.14. The number of hydrogen-bond acceptors (Lipinski definition) is 5. The highest BCUT2D eigenvalue weighted by molar-refractivity contribution is 5.94. The molecule has 0 atom stereocenters. The van der Waals surface area contributed by atoms with E-state index in [9.17, 15) is 22.8 Å². The van der Waals surface area contributed by atoms with Crippen LogP contribution in [-0.4, -0.2) is 80.3 Å². The average Bonchev–Trinajstić information content (AvgIpc) is 2.66. The molecule has 1 heterocycles. The molecule has 1 aliphatic heterocycles. The Labute approximate surface area is 168 Å². The molecular weight excluding hydrogens is 389 g/mol. The maximum Gasteiger partial charge on any atom is 0.411 e. The standard InChI is InChI=1S/C19H27F3N4O3/c20-19(21,22)14-29-13-1-7-25-9-11-26(12-10-25)8-6-17(27)24-16-4-2-15(3-5-16)18(23)28/h2-5H,1,6-14H2,(H2,23,28)(H,24,27). The van der Waals surface area contributed by atoms with Crippen molar-refractivity contribution in [3.05, 3.63) is 29.8 Å². The Bertz CT molecular complexity index is 660. The Morgan fingerprint density at radius 2 is 1.62 bits per heavy atom. The van der Waals surface area contributed by atoms with Crippen LogP contribution >= 0.6 is 0 Å². The van der Waals surface area contributed by atoms with E-state index in [1.807, 2.05) is 0 Å². The first-order chi connectivity index (χ1) is 13.7. The van der Waals surface area contributed by atoms with E-state index in [0.29, 0.717) is 37.2 Å². The lowest BCUT2D eigenvalue weighted by Gasteiger charge is -2.34. The molecule has 162 valence electrons. The van der Waals surface area contributed by atoms with Crippen molar-refractivity contribution in [3.8, 4) is 0 Å². The second-order valence-corrected chi connectivity index (χ2v) is 6.94. The van der Waals surface area contributed by atoms with Gasteiger partial charge in [0.2, 0.25) is 11.8 Å². The summed E-state index contributed by atoms with van der Waals surface area (Å²) in [5, 5.41) is 2.78. The van der Waals surface area contributed by atoms with Gasteiger partial charge in [0.15, 0.2) is 0 Å². The number of rotatable bonds is 10. The van der Waals surface area contributed by atoms with E-state index in [4.69, 9.17) is 5.73 Å². The van der Waals surface area contributed by atoms with Gasteiger partial charge in [-0.3, -0.25) is 9.59 Å². The Hall–Kier alpha value is -2.17. The Morgan fingerprint density at radius 1 is 1.03 bits per heavy atom. The molecule has 1 aliphatic rings. The quantitative estimate of drug-likeness (QED) is 0.567. The van der Waals surface area contributed by atoms with Crippen molar-refractivity contribution < 1.29 is 27.5 Å². The smallest absolute Gasteiger partial charge is 0.372 e. The first-order valence-corrected chi connectivity index (χ1v) is 9.52. The number of hydrogen-bond donors (Lipinski definition) is 2. The molecule has 1 fully saturated rings. The van der Waals surface area contributed by atoms with Gasteiger partial charge in [0.1, 0.15) is 6.61 Å². The summed E-state index contributed by atoms with van der Waals surface area (Å²) in [6, 6.07) is 6.39. The number of nitrogens with one attached hydrogen (secondary N) is 1. The van der Waals surface area contributed by atoms with Crippen LogP contribution in [0.1, 0.15) is 23.2 Å². The second-order valence-electron chi connectivity index (χ2n) is 6.94. The number of ether oxygens (including phenoxy) is 1. The topological polar surface area (TPSA) is 87.9 Å². The number of primary amides is 1. The lowest BCUT2D eigenvalue weighted by atomic mass is 10.2. The third kappa shape index (κ3) is 9.25. The molecule has 0 aliphatic carbocycles. The van der Waals surface area contributed by atoms with E-state index in [-0.39, 0.29) is 12.5 Å². The van der Waals surface area contributed by atoms with Gasteiger partial charge in [0.05, 0.1) is 0 Å². The van der Waals surface area contributed by atoms with Crippen LogP contribution < -0.4 is 11.1 Å². The number of amides is 2. The maximum absolute atomic E-state index is 12.1. The number of halogens is 3. The molecule has 0 bridgehead atoms. The van der Waals surface area contributed by atoms with E-state index in [1.54, 1.807) is 24.3 Å². The number of nitrogens with zero attached hydrogens (tertiary/aromatic N) is 2. The summed E-state index contributed by atoms with van der Waals surface area (Å²) in [6.45, 7) is 3.48. The first-order valence-electron chi connectivity index (χ1n) is 9.52. The summed E-state index contributed by atoms with van der Waals surface area (Å²) in [5.41, 5.74) is 6.17. The molecule has 0 aromatic heterocycles. The monoisotopic (exact) mass is 416 g/mol. The number of benzene rings is 1. The van der Waals surface area contributed by atoms with Gasteiger partial charge >= 0.3 is 6.18 Å². The second kappa shape index (κ2) is 11.1. The lowest BCUT2D eigenvalue weighted by Crippen LogP contribution is -2.47. The summed E-state index contributed by atoms with van der Waals surface area (Å²) in [4.78, 5) is 27.5. The fraction of sp³-hybridized carbons (Fsp3) is 0.579. The van der Waals surface area contributed by atoms with Crippen LogP contribution in [0.5, 0.6) is 0 Å². The molecule has 10 heteroatoms. The summed E-state index contributed by atoms with van der Waals surface area (Å²) in [7, 11) is 0. The Kier molecular flexibility index (Phi) is 8.87. The minimum Gasteiger partial charge on any atom is -0.372 e. The van der Waals surface area contributed by atoms with Crippen molar-refractivity contribution in [2.75, 3.05) is 57.8 Å². The van der Waals surface area contributed by atoms with Crippen molar-refractivity contribution in [1.82, 2.24) is 9.80 Å². The number of anilines is 1. The molecule has 0 saturated carbocycles. The number of carbonyl (C=O) groups is 2. The van der Waals surface area contributed by atoms with Gasteiger partial charge in [-0.25, -0.2) is 0 Å². The Morgan fingerprint density at radius 3 is 2.17 bits per heavy atom. The number of alkyl halides is 3. The fourth-order valence-corrected chi connectivity index (χ4v) is 3.02. The molecule has 7 nitrogen and oxygen atoms in total. The molecule has 0 radical (unpaired) electrons. The summed E-state index contributed by atoms with van der Waals surface area (Å²) >= 11 is 0. The van der Waals surface area contributed by atoms with Crippen LogP contribution in [0, 0.1) is 0 Å². The number of nitrogens with two attached hydrogens (primary N) is 1. The number of carbonyl (C=O) groups excluding carboxylic acids is 2. The fourth-order valence-electron chi connectivity index (χ4n) is 3.02. The van der Waals surface area contributed by atoms with E-state index in [0.717, 1.165) is 26.2 Å². The molecule has 1 saturated heterocycles. The van der Waals surface area contributed by atoms with Crippen LogP contribution in [0.25, 0.3) is 0 Å². The predicted molar refractivity (Wildman–Crippen MR) is 103 cm³/mol. The molecule has 2 amide bonds. The van der Waals surface area contributed by atoms with Crippen molar-refractivity contribution in [2.45, 2.75) is 19.0 Å². The van der Waals surface area contributed by atoms with Crippen molar-refractivity contribution in [3.63, 3.8) is 0 Å². The lowest BCUT2D eigenvalue weighted by molar-refractivity contribution is -0.174. The van der Waals surface area contributed by atoms with Gasteiger partial charge in [-0.15, -0.1) is 0 Å². The SMILES string of the molecule is NC(=O)c1ccc(NC(=O)CCN2CCN(CCCOCC(F)(F)F)CC2)cc1. The zero-order valence-corrected chi connectivity index (χ0v) is 16.2. The van der Waals surface area contributed by atoms with Gasteiger partial charge < -0.3 is 25.6 Å². The highest BCUT2D eigenvalue weighted by atomic mass is 19.4. The summed E-state index contributed by atoms with van der Waals surface area (Å²) in [5.74, 6) is -0.628. The van der Waals surface area contributed by atoms with E-state index in [1.165, 1.54) is 0 Å². The zero-order valence-electron chi connectivity index (χ0n) is 16.2. The molecule has 2 rings (SSSR count). The van der Waals surface area contributed by atoms with Crippen LogP contribution in [0.4, 0.5) is 18.9 Å². The molecule has 3 N–H and O–H groups in total. The Balaban J connectivity index is 1.57. The first kappa shape index (κ1) is 23.1. The average molecular weight is 416 g/mol. The minimum absolute atomic E-state index is 0.0975. The van der Waals surface area contributed by atoms with Gasteiger partial charge in [0, 0.05) is 63.5 Å². The van der Waals surface area contributed by atoms with E-state index >= 15 is 0 Å². The van der Waals surface area contributed by atoms with Crippen molar-refractivity contribution >= 4 is 17.5 Å². The normalized spacial score (nSPS) is 16.0. The van der Waals surface area contributed by atoms with Crippen LogP contribution in [0.2, 0.25) is 0 Å². The molecule has 0 unspecified atom stereocenters. The maximum atomic E-state index is 12.1. The summed E-state index contributed by atoms with van der Waals surface area (Å²) < 4.78 is 40.6. The van der Waals surface area contributed by atoms with Gasteiger partial charge in [-0.05, 0) is 30.7 Å². The highest BCUT2D eigenvalue weighted by Gasteiger charge is 2.27. The summed E-state index contributed by atoms with van der Waals surface area (Å²) in [6.07, 6.45) is -3.36. The van der Waals surface area contributed by atoms with E-state index < -0.39 is 18.7 Å². The van der Waals surface area contributed by atoms with Crippen LogP contribution in [0.15, 0.2) is 24.3 Å². The van der Waals surface area contributed by atoms with Gasteiger partial charge in [-0.1, -0.05) is 0 Å². The minimum atomic E-state index is -4.27. The van der Waals surface area contributed by atoms with E-state index in [2.05, 4.69) is 19.9 Å². The van der Waals surface area contributed by atoms with Crippen LogP contribution in [0.3, 0.4) is 0 Å². The molecule has 1 aromatic carbocycles. The van der Waals surface area contributed by atoms with Gasteiger partial charge in [-0.2, -0.15) is 13.2 Å². The van der Waals surface area contributed by atoms with Gasteiger partial charge in [0.25, 0.3) is 0 Å². The number of piperazine rings is 1. The predicted octanol–water partition coefficient (Wildman–Crippen LogP) is 1.70.